The highest BCUT2D eigenvalue weighted by molar-refractivity contribution is 5.71. The first-order valence-corrected chi connectivity index (χ1v) is 35.0. The van der Waals surface area contributed by atoms with Gasteiger partial charge in [-0.05, 0) is 116 Å². The maximum atomic E-state index is 13.0. The third-order valence-electron chi connectivity index (χ3n) is 15.0. The van der Waals surface area contributed by atoms with Crippen LogP contribution in [0.3, 0.4) is 0 Å². The highest BCUT2D eigenvalue weighted by Crippen LogP contribution is 2.17. The van der Waals surface area contributed by atoms with Gasteiger partial charge in [0.15, 0.2) is 6.10 Å². The van der Waals surface area contributed by atoms with Crippen molar-refractivity contribution in [2.24, 2.45) is 0 Å². The van der Waals surface area contributed by atoms with E-state index in [1.807, 2.05) is 0 Å². The predicted octanol–water partition coefficient (Wildman–Crippen LogP) is 24.3. The average Bonchev–Trinajstić information content (AvgIpc) is 3.49. The molecule has 83 heavy (non-hydrogen) atoms. The second-order valence-electron chi connectivity index (χ2n) is 23.1. The van der Waals surface area contributed by atoms with Gasteiger partial charge in [-0.25, -0.2) is 0 Å². The van der Waals surface area contributed by atoms with Gasteiger partial charge in [-0.15, -0.1) is 0 Å². The van der Waals surface area contributed by atoms with E-state index in [0.29, 0.717) is 19.3 Å². The van der Waals surface area contributed by atoms with E-state index in [0.717, 1.165) is 148 Å². The summed E-state index contributed by atoms with van der Waals surface area (Å²) in [6.07, 6.45) is 97.8. The van der Waals surface area contributed by atoms with Crippen molar-refractivity contribution >= 4 is 17.9 Å². The van der Waals surface area contributed by atoms with Crippen molar-refractivity contribution in [3.05, 3.63) is 122 Å². The summed E-state index contributed by atoms with van der Waals surface area (Å²) in [5.41, 5.74) is 0. The first-order chi connectivity index (χ1) is 41.0. The van der Waals surface area contributed by atoms with Crippen LogP contribution in [0.1, 0.15) is 329 Å². The lowest BCUT2D eigenvalue weighted by Gasteiger charge is -2.18. The van der Waals surface area contributed by atoms with Crippen LogP contribution >= 0.6 is 0 Å². The van der Waals surface area contributed by atoms with Crippen LogP contribution in [-0.2, 0) is 28.6 Å². The topological polar surface area (TPSA) is 78.9 Å². The summed E-state index contributed by atoms with van der Waals surface area (Å²) >= 11 is 0. The Bertz CT molecular complexity index is 1700. The first-order valence-electron chi connectivity index (χ1n) is 35.0. The Morgan fingerprint density at radius 1 is 0.253 bits per heavy atom. The average molecular weight is 1150 g/mol. The number of rotatable bonds is 63. The lowest BCUT2D eigenvalue weighted by molar-refractivity contribution is -0.167. The van der Waals surface area contributed by atoms with E-state index in [9.17, 15) is 14.4 Å². The van der Waals surface area contributed by atoms with Crippen molar-refractivity contribution in [3.8, 4) is 0 Å². The fourth-order valence-electron chi connectivity index (χ4n) is 9.73. The van der Waals surface area contributed by atoms with Gasteiger partial charge in [0.05, 0.1) is 0 Å². The SMILES string of the molecule is CC/C=C\C/C=C\C/C=C\C/C=C\C/C=C\C/C=C\C/C=C\CCCCCCCC(=O)OCC(COC(=O)CCCCCCCCCCCCCCCCCCC)OC(=O)CCCCCCCC/C=C\C/C=C\C/C=C\CCCCCCC. The third-order valence-corrected chi connectivity index (χ3v) is 15.0. The van der Waals surface area contributed by atoms with Crippen molar-refractivity contribution in [2.75, 3.05) is 13.2 Å². The van der Waals surface area contributed by atoms with Gasteiger partial charge in [0.25, 0.3) is 0 Å². The van der Waals surface area contributed by atoms with Crippen LogP contribution in [0.25, 0.3) is 0 Å². The number of ether oxygens (including phenoxy) is 3. The molecule has 0 aromatic heterocycles. The van der Waals surface area contributed by atoms with Gasteiger partial charge in [-0.3, -0.25) is 14.4 Å². The predicted molar refractivity (Wildman–Crippen MR) is 362 cm³/mol. The van der Waals surface area contributed by atoms with Crippen LogP contribution in [0, 0.1) is 0 Å². The minimum absolute atomic E-state index is 0.0893. The zero-order valence-electron chi connectivity index (χ0n) is 54.4. The van der Waals surface area contributed by atoms with E-state index in [-0.39, 0.29) is 31.1 Å². The highest BCUT2D eigenvalue weighted by atomic mass is 16.6. The molecule has 0 heterocycles. The second-order valence-corrected chi connectivity index (χ2v) is 23.1. The van der Waals surface area contributed by atoms with Gasteiger partial charge in [0.1, 0.15) is 13.2 Å². The quantitative estimate of drug-likeness (QED) is 0.0261. The summed E-state index contributed by atoms with van der Waals surface area (Å²) in [7, 11) is 0. The van der Waals surface area contributed by atoms with Crippen LogP contribution in [0.2, 0.25) is 0 Å². The minimum atomic E-state index is -0.798. The van der Waals surface area contributed by atoms with Gasteiger partial charge in [0, 0.05) is 19.3 Å². The summed E-state index contributed by atoms with van der Waals surface area (Å²) in [4.78, 5) is 38.5. The molecule has 0 aromatic carbocycles. The van der Waals surface area contributed by atoms with Gasteiger partial charge >= 0.3 is 17.9 Å². The molecule has 0 aliphatic carbocycles. The Hall–Kier alpha value is -4.19. The van der Waals surface area contributed by atoms with Crippen molar-refractivity contribution in [2.45, 2.75) is 335 Å². The molecule has 0 aromatic rings. The molecular formula is C77H130O6. The largest absolute Gasteiger partial charge is 0.462 e. The van der Waals surface area contributed by atoms with Crippen molar-refractivity contribution in [1.82, 2.24) is 0 Å². The molecule has 0 saturated carbocycles. The van der Waals surface area contributed by atoms with Crippen LogP contribution in [-0.4, -0.2) is 37.2 Å². The lowest BCUT2D eigenvalue weighted by Crippen LogP contribution is -2.30. The summed E-state index contributed by atoms with van der Waals surface area (Å²) in [5.74, 6) is -0.910. The van der Waals surface area contributed by atoms with E-state index >= 15 is 0 Å². The number of unbranched alkanes of at least 4 members (excludes halogenated alkanes) is 32. The Kier molecular flexibility index (Phi) is 66.7. The molecule has 6 nitrogen and oxygen atoms in total. The molecule has 0 N–H and O–H groups in total. The minimum Gasteiger partial charge on any atom is -0.462 e. The Morgan fingerprint density at radius 3 is 0.735 bits per heavy atom. The van der Waals surface area contributed by atoms with E-state index in [4.69, 9.17) is 14.2 Å². The third kappa shape index (κ3) is 68.5. The molecule has 0 aliphatic heterocycles. The summed E-state index contributed by atoms with van der Waals surface area (Å²) in [6, 6.07) is 0. The zero-order valence-corrected chi connectivity index (χ0v) is 54.4. The molecule has 0 saturated heterocycles. The Morgan fingerprint density at radius 2 is 0.470 bits per heavy atom. The molecule has 0 amide bonds. The zero-order chi connectivity index (χ0) is 59.9. The van der Waals surface area contributed by atoms with Crippen LogP contribution < -0.4 is 0 Å². The number of hydrogen-bond acceptors (Lipinski definition) is 6. The molecule has 1 unspecified atom stereocenters. The number of allylic oxidation sites excluding steroid dienone is 20. The van der Waals surface area contributed by atoms with Crippen molar-refractivity contribution in [1.29, 1.82) is 0 Å². The fraction of sp³-hybridized carbons (Fsp3) is 0.701. The van der Waals surface area contributed by atoms with Gasteiger partial charge < -0.3 is 14.2 Å². The maximum Gasteiger partial charge on any atom is 0.306 e. The van der Waals surface area contributed by atoms with E-state index in [2.05, 4.69) is 142 Å². The van der Waals surface area contributed by atoms with Crippen LogP contribution in [0.15, 0.2) is 122 Å². The molecule has 0 rings (SSSR count). The summed E-state index contributed by atoms with van der Waals surface area (Å²) in [6.45, 7) is 6.52. The van der Waals surface area contributed by atoms with Crippen LogP contribution in [0.5, 0.6) is 0 Å². The number of carbonyl (C=O) groups excluding carboxylic acids is 3. The molecular weight excluding hydrogens is 1020 g/mol. The van der Waals surface area contributed by atoms with Gasteiger partial charge in [0.2, 0.25) is 0 Å². The Labute approximate surface area is 513 Å². The van der Waals surface area contributed by atoms with Gasteiger partial charge in [-0.2, -0.15) is 0 Å². The molecule has 6 heteroatoms. The molecule has 0 radical (unpaired) electrons. The summed E-state index contributed by atoms with van der Waals surface area (Å²) < 4.78 is 17.0. The van der Waals surface area contributed by atoms with Crippen molar-refractivity contribution in [3.63, 3.8) is 0 Å². The van der Waals surface area contributed by atoms with E-state index in [1.54, 1.807) is 0 Å². The maximum absolute atomic E-state index is 13.0. The first kappa shape index (κ1) is 78.8. The molecule has 0 fully saturated rings. The number of esters is 3. The molecule has 0 bridgehead atoms. The molecule has 0 spiro atoms. The molecule has 1 atom stereocenters. The molecule has 474 valence electrons. The van der Waals surface area contributed by atoms with Crippen molar-refractivity contribution < 1.29 is 28.6 Å². The normalized spacial score (nSPS) is 12.9. The van der Waals surface area contributed by atoms with Crippen LogP contribution in [0.4, 0.5) is 0 Å². The number of carbonyl (C=O) groups is 3. The lowest BCUT2D eigenvalue weighted by atomic mass is 10.0. The monoisotopic (exact) mass is 1150 g/mol. The highest BCUT2D eigenvalue weighted by Gasteiger charge is 2.19. The van der Waals surface area contributed by atoms with Gasteiger partial charge in [-0.1, -0.05) is 316 Å². The Balaban J connectivity index is 4.44. The fourth-order valence-corrected chi connectivity index (χ4v) is 9.73. The summed E-state index contributed by atoms with van der Waals surface area (Å²) in [5, 5.41) is 0. The standard InChI is InChI=1S/C77H130O6/c1-4-7-10-13-16-19-22-25-28-31-33-35-36-37-38-39-40-42-43-46-49-52-55-58-61-64-67-70-76(79)82-73-74(72-81-75(78)69-66-63-60-57-54-51-48-45-30-27-24-21-18-15-12-9-6-3)83-77(80)71-68-65-62-59-56-53-50-47-44-41-34-32-29-26-23-20-17-14-11-8-5-2/h7,10,16,19,23,25-26,28,32-35,37-38,40,42,44,46-47,49,74H,4-6,8-9,11-15,17-18,20-22,24,27,29-31,36,39,41,43,45,48,50-73H2,1-3H3/b10-7-,19-16-,26-23-,28-25-,34-32-,35-33-,38-37-,42-40-,47-44-,49-46-. The smallest absolute Gasteiger partial charge is 0.306 e. The van der Waals surface area contributed by atoms with E-state index < -0.39 is 6.10 Å². The number of hydrogen-bond donors (Lipinski definition) is 0. The second kappa shape index (κ2) is 70.3. The van der Waals surface area contributed by atoms with E-state index in [1.165, 1.54) is 141 Å². The molecule has 0 aliphatic rings.